The molecule has 1 saturated heterocycles. The van der Waals surface area contributed by atoms with Gasteiger partial charge in [0.1, 0.15) is 11.5 Å². The van der Waals surface area contributed by atoms with Crippen LogP contribution in [0.5, 0.6) is 0 Å². The maximum absolute atomic E-state index is 13.7. The number of fused-ring (bicyclic) bond motifs is 1. The molecule has 1 aromatic carbocycles. The minimum atomic E-state index is -5.49. The summed E-state index contributed by atoms with van der Waals surface area (Å²) in [4.78, 5) is 3.19. The fourth-order valence-corrected chi connectivity index (χ4v) is 4.40. The molecule has 198 valence electrons. The summed E-state index contributed by atoms with van der Waals surface area (Å²) in [6.45, 7) is -0.920. The Morgan fingerprint density at radius 3 is 1.92 bits per heavy atom. The summed E-state index contributed by atoms with van der Waals surface area (Å²) in [5, 5.41) is 8.50. The molecular formula is C18H10Cl2F11N5. The van der Waals surface area contributed by atoms with Crippen LogP contribution in [0, 0.1) is 11.3 Å². The van der Waals surface area contributed by atoms with E-state index in [1.807, 2.05) is 0 Å². The van der Waals surface area contributed by atoms with Crippen LogP contribution in [0.15, 0.2) is 28.4 Å². The molecule has 2 N–H and O–H groups in total. The standard InChI is InChI=1S/C18H10Cl2F11N5/c19-7-1-5(16(23,24)25)2-8(20)10(7)36-12(32)9-11(17(26,27)28)33-14(18(29,30)31)34-13(9)35(36)4-6-3-15(6,21)22/h1-2,6,13,32H,3-4H2,(H,33,34). The van der Waals surface area contributed by atoms with E-state index in [0.717, 1.165) is 5.32 Å². The summed E-state index contributed by atoms with van der Waals surface area (Å²) in [7, 11) is 0. The van der Waals surface area contributed by atoms with Crippen LogP contribution in [-0.2, 0) is 6.18 Å². The molecule has 2 atom stereocenters. The number of benzene rings is 1. The first-order valence-corrected chi connectivity index (χ1v) is 10.3. The quantitative estimate of drug-likeness (QED) is 0.411. The van der Waals surface area contributed by atoms with Crippen molar-refractivity contribution in [1.82, 2.24) is 10.3 Å². The van der Waals surface area contributed by atoms with Crippen LogP contribution < -0.4 is 10.3 Å². The molecule has 3 aliphatic rings. The monoisotopic (exact) mass is 575 g/mol. The van der Waals surface area contributed by atoms with E-state index >= 15 is 0 Å². The number of nitrogens with zero attached hydrogens (tertiary/aromatic N) is 3. The second-order valence-electron chi connectivity index (χ2n) is 7.99. The highest BCUT2D eigenvalue weighted by Gasteiger charge is 2.61. The summed E-state index contributed by atoms with van der Waals surface area (Å²) in [6, 6.07) is 0.646. The van der Waals surface area contributed by atoms with Gasteiger partial charge in [0.2, 0.25) is 5.84 Å². The van der Waals surface area contributed by atoms with Gasteiger partial charge in [-0.1, -0.05) is 23.2 Å². The summed E-state index contributed by atoms with van der Waals surface area (Å²) < 4.78 is 148. The molecule has 2 fully saturated rings. The molecule has 2 heterocycles. The Morgan fingerprint density at radius 2 is 1.50 bits per heavy atom. The molecule has 1 aliphatic carbocycles. The lowest BCUT2D eigenvalue weighted by Gasteiger charge is -2.33. The molecule has 1 aromatic rings. The lowest BCUT2D eigenvalue weighted by Crippen LogP contribution is -2.49. The number of amidine groups is 2. The largest absolute Gasteiger partial charge is 0.449 e. The fourth-order valence-electron chi connectivity index (χ4n) is 3.76. The van der Waals surface area contributed by atoms with Crippen LogP contribution in [0.3, 0.4) is 0 Å². The molecule has 0 aromatic heterocycles. The Kier molecular flexibility index (Phi) is 6.00. The lowest BCUT2D eigenvalue weighted by atomic mass is 10.1. The van der Waals surface area contributed by atoms with E-state index in [1.54, 1.807) is 0 Å². The smallest absolute Gasteiger partial charge is 0.332 e. The van der Waals surface area contributed by atoms with Crippen molar-refractivity contribution in [1.29, 1.82) is 5.41 Å². The van der Waals surface area contributed by atoms with Gasteiger partial charge in [0.15, 0.2) is 6.17 Å². The van der Waals surface area contributed by atoms with Crippen LogP contribution in [0.25, 0.3) is 0 Å². The van der Waals surface area contributed by atoms with E-state index in [9.17, 15) is 48.3 Å². The Morgan fingerprint density at radius 1 is 0.972 bits per heavy atom. The van der Waals surface area contributed by atoms with Gasteiger partial charge in [0.05, 0.1) is 26.9 Å². The minimum absolute atomic E-state index is 0.323. The number of hydrazine groups is 1. The number of hydrogen-bond acceptors (Lipinski definition) is 4. The summed E-state index contributed by atoms with van der Waals surface area (Å²) >= 11 is 11.8. The van der Waals surface area contributed by atoms with Crippen molar-refractivity contribution < 1.29 is 48.3 Å². The van der Waals surface area contributed by atoms with Gasteiger partial charge in [0, 0.05) is 18.9 Å². The van der Waals surface area contributed by atoms with Crippen LogP contribution in [-0.4, -0.2) is 47.7 Å². The molecule has 36 heavy (non-hydrogen) atoms. The van der Waals surface area contributed by atoms with Crippen molar-refractivity contribution >= 4 is 40.6 Å². The first-order valence-electron chi connectivity index (χ1n) is 9.56. The van der Waals surface area contributed by atoms with Gasteiger partial charge in [-0.15, -0.1) is 0 Å². The van der Waals surface area contributed by atoms with Gasteiger partial charge in [-0.05, 0) is 12.1 Å². The molecule has 0 spiro atoms. The van der Waals surface area contributed by atoms with Crippen molar-refractivity contribution in [2.75, 3.05) is 11.6 Å². The van der Waals surface area contributed by atoms with Gasteiger partial charge in [-0.3, -0.25) is 10.4 Å². The maximum Gasteiger partial charge on any atom is 0.449 e. The number of hydrogen-bond donors (Lipinski definition) is 2. The maximum atomic E-state index is 13.7. The van der Waals surface area contributed by atoms with Crippen LogP contribution >= 0.6 is 23.2 Å². The topological polar surface area (TPSA) is 54.7 Å². The molecule has 0 bridgehead atoms. The number of rotatable bonds is 3. The van der Waals surface area contributed by atoms with E-state index in [0.29, 0.717) is 22.2 Å². The molecule has 18 heteroatoms. The highest BCUT2D eigenvalue weighted by molar-refractivity contribution is 6.40. The number of anilines is 1. The van der Waals surface area contributed by atoms with Gasteiger partial charge in [-0.2, -0.15) is 44.5 Å². The molecule has 4 rings (SSSR count). The van der Waals surface area contributed by atoms with Crippen LogP contribution in [0.4, 0.5) is 54.0 Å². The van der Waals surface area contributed by atoms with Crippen molar-refractivity contribution in [3.8, 4) is 0 Å². The zero-order valence-electron chi connectivity index (χ0n) is 17.0. The molecule has 0 amide bonds. The molecule has 1 saturated carbocycles. The highest BCUT2D eigenvalue weighted by atomic mass is 35.5. The predicted octanol–water partition coefficient (Wildman–Crippen LogP) is 6.39. The normalized spacial score (nSPS) is 24.6. The van der Waals surface area contributed by atoms with Crippen LogP contribution in [0.2, 0.25) is 10.0 Å². The third kappa shape index (κ3) is 4.58. The second kappa shape index (κ2) is 8.08. The van der Waals surface area contributed by atoms with E-state index in [1.165, 1.54) is 0 Å². The minimum Gasteiger partial charge on any atom is -0.332 e. The predicted molar refractivity (Wildman–Crippen MR) is 105 cm³/mol. The Labute approximate surface area is 203 Å². The SMILES string of the molecule is N=C1C2=C(C(F)(F)F)NC(C(F)(F)F)=NC2N(CC2CC2(F)F)N1c1c(Cl)cc(C(F)(F)F)cc1Cl. The second-order valence-corrected chi connectivity index (χ2v) is 8.81. The Bertz CT molecular complexity index is 1160. The Balaban J connectivity index is 1.93. The number of alkyl halides is 11. The fraction of sp³-hybridized carbons (Fsp3) is 0.444. The van der Waals surface area contributed by atoms with Crippen molar-refractivity contribution in [2.45, 2.75) is 37.0 Å². The number of aliphatic imine (C=N–C) groups is 1. The average Bonchev–Trinajstić information content (AvgIpc) is 3.21. The van der Waals surface area contributed by atoms with Crippen molar-refractivity contribution in [2.24, 2.45) is 10.9 Å². The van der Waals surface area contributed by atoms with E-state index < -0.39 is 93.7 Å². The van der Waals surface area contributed by atoms with Gasteiger partial charge < -0.3 is 5.32 Å². The van der Waals surface area contributed by atoms with Crippen LogP contribution in [0.1, 0.15) is 12.0 Å². The molecule has 2 unspecified atom stereocenters. The number of allylic oxidation sites excluding steroid dienone is 1. The van der Waals surface area contributed by atoms with Gasteiger partial charge in [-0.25, -0.2) is 13.8 Å². The average molecular weight is 576 g/mol. The van der Waals surface area contributed by atoms with Crippen molar-refractivity contribution in [3.05, 3.63) is 39.0 Å². The van der Waals surface area contributed by atoms with Gasteiger partial charge in [0.25, 0.3) is 5.92 Å². The molecule has 0 radical (unpaired) electrons. The van der Waals surface area contributed by atoms with E-state index in [2.05, 4.69) is 4.99 Å². The highest BCUT2D eigenvalue weighted by Crippen LogP contribution is 2.52. The number of halogens is 13. The molecular weight excluding hydrogens is 566 g/mol. The zero-order valence-corrected chi connectivity index (χ0v) is 18.5. The first-order chi connectivity index (χ1) is 16.2. The van der Waals surface area contributed by atoms with Gasteiger partial charge >= 0.3 is 18.5 Å². The lowest BCUT2D eigenvalue weighted by molar-refractivity contribution is -0.137. The molecule has 2 aliphatic heterocycles. The number of nitrogens with one attached hydrogen (secondary N) is 2. The third-order valence-electron chi connectivity index (χ3n) is 5.50. The Hall–Kier alpha value is -2.33. The van der Waals surface area contributed by atoms with E-state index in [4.69, 9.17) is 28.6 Å². The van der Waals surface area contributed by atoms with Crippen molar-refractivity contribution in [3.63, 3.8) is 0 Å². The summed E-state index contributed by atoms with van der Waals surface area (Å²) in [5.41, 5.74) is -5.34. The summed E-state index contributed by atoms with van der Waals surface area (Å²) in [5.74, 6) is -8.22. The zero-order chi connectivity index (χ0) is 27.2. The third-order valence-corrected chi connectivity index (χ3v) is 6.08. The molecule has 5 nitrogen and oxygen atoms in total. The summed E-state index contributed by atoms with van der Waals surface area (Å²) in [6.07, 6.45) is -19.0. The van der Waals surface area contributed by atoms with E-state index in [-0.39, 0.29) is 0 Å². The first kappa shape index (κ1) is 26.7.